The second-order valence-corrected chi connectivity index (χ2v) is 10.7. The summed E-state index contributed by atoms with van der Waals surface area (Å²) in [6, 6.07) is 0.403. The van der Waals surface area contributed by atoms with Crippen LogP contribution in [0.15, 0.2) is 29.4 Å². The van der Waals surface area contributed by atoms with E-state index in [0.717, 1.165) is 19.3 Å². The average molecular weight is 486 g/mol. The number of amides is 1. The maximum absolute atomic E-state index is 13.1. The number of benzene rings is 1. The number of rotatable bonds is 9. The van der Waals surface area contributed by atoms with Gasteiger partial charge in [0.1, 0.15) is 23.1 Å². The van der Waals surface area contributed by atoms with Gasteiger partial charge in [0.05, 0.1) is 18.2 Å². The molecule has 2 heterocycles. The molecule has 192 valence electrons. The molecule has 0 bridgehead atoms. The molecule has 35 heavy (non-hydrogen) atoms. The van der Waals surface area contributed by atoms with E-state index in [0.29, 0.717) is 23.3 Å². The second kappa shape index (κ2) is 10.4. The second-order valence-electron chi connectivity index (χ2n) is 10.7. The Hall–Kier alpha value is -2.80. The summed E-state index contributed by atoms with van der Waals surface area (Å²) in [5.74, 6) is -1.48. The Morgan fingerprint density at radius 1 is 1.23 bits per heavy atom. The van der Waals surface area contributed by atoms with Gasteiger partial charge in [0.2, 0.25) is 0 Å². The number of carbonyl (C=O) groups is 2. The van der Waals surface area contributed by atoms with Crippen molar-refractivity contribution in [3.63, 3.8) is 0 Å². The number of phenolic OH excluding ortho intramolecular Hbond substituents is 1. The molecule has 7 heteroatoms. The highest BCUT2D eigenvalue weighted by Gasteiger charge is 2.46. The predicted molar refractivity (Wildman–Crippen MR) is 135 cm³/mol. The van der Waals surface area contributed by atoms with Crippen molar-refractivity contribution in [3.05, 3.63) is 46.1 Å². The van der Waals surface area contributed by atoms with Gasteiger partial charge in [0.25, 0.3) is 5.91 Å². The first kappa shape index (κ1) is 26.8. The number of carboxylic acid groups (broad SMARTS) is 1. The third-order valence-electron chi connectivity index (χ3n) is 7.17. The van der Waals surface area contributed by atoms with Gasteiger partial charge in [-0.3, -0.25) is 4.79 Å². The van der Waals surface area contributed by atoms with Crippen LogP contribution >= 0.6 is 0 Å². The molecule has 2 aliphatic rings. The number of aliphatic carboxylic acids is 1. The largest absolute Gasteiger partial charge is 0.508 e. The number of allylic oxidation sites excluding steroid dienone is 4. The van der Waals surface area contributed by atoms with Gasteiger partial charge < -0.3 is 25.0 Å². The van der Waals surface area contributed by atoms with E-state index in [9.17, 15) is 24.9 Å². The molecule has 1 aromatic rings. The first-order valence-electron chi connectivity index (χ1n) is 12.4. The van der Waals surface area contributed by atoms with Gasteiger partial charge in [-0.2, -0.15) is 0 Å². The molecule has 3 atom stereocenters. The SMILES string of the molecule is CC(C)=CCCC(C)=CCCC1(C)Oc2c(c(O)cc3c2CN(C(C(=O)O)C(C)C)C3=O)CC1O. The number of carbonyl (C=O) groups excluding carboxylic acids is 1. The topological polar surface area (TPSA) is 107 Å². The molecule has 2 aliphatic heterocycles. The number of aromatic hydroxyl groups is 1. The fourth-order valence-electron chi connectivity index (χ4n) is 5.02. The minimum atomic E-state index is -1.06. The highest BCUT2D eigenvalue weighted by Crippen LogP contribution is 2.46. The van der Waals surface area contributed by atoms with Crippen LogP contribution in [0.4, 0.5) is 0 Å². The van der Waals surface area contributed by atoms with Crippen LogP contribution < -0.4 is 4.74 Å². The van der Waals surface area contributed by atoms with Gasteiger partial charge in [-0.15, -0.1) is 0 Å². The minimum absolute atomic E-state index is 0.0987. The first-order chi connectivity index (χ1) is 16.4. The fraction of sp³-hybridized carbons (Fsp3) is 0.571. The normalized spacial score (nSPS) is 22.5. The number of aliphatic hydroxyl groups is 1. The van der Waals surface area contributed by atoms with Crippen LogP contribution in [0, 0.1) is 5.92 Å². The zero-order valence-corrected chi connectivity index (χ0v) is 21.7. The molecule has 1 aromatic carbocycles. The summed E-state index contributed by atoms with van der Waals surface area (Å²) in [4.78, 5) is 26.3. The lowest BCUT2D eigenvalue weighted by Crippen LogP contribution is -2.49. The highest BCUT2D eigenvalue weighted by molar-refractivity contribution is 6.02. The molecule has 0 saturated carbocycles. The Morgan fingerprint density at radius 3 is 2.51 bits per heavy atom. The summed E-state index contributed by atoms with van der Waals surface area (Å²) in [5.41, 5.74) is 3.01. The lowest BCUT2D eigenvalue weighted by atomic mass is 9.84. The molecular formula is C28H39NO6. The zero-order valence-electron chi connectivity index (χ0n) is 21.7. The van der Waals surface area contributed by atoms with Crippen molar-refractivity contribution in [1.82, 2.24) is 4.90 Å². The molecule has 3 N–H and O–H groups in total. The lowest BCUT2D eigenvalue weighted by Gasteiger charge is -2.41. The molecule has 0 saturated heterocycles. The van der Waals surface area contributed by atoms with Crippen molar-refractivity contribution in [2.45, 2.75) is 97.9 Å². The zero-order chi connectivity index (χ0) is 26.1. The van der Waals surface area contributed by atoms with Gasteiger partial charge in [0, 0.05) is 17.5 Å². The number of hydrogen-bond donors (Lipinski definition) is 3. The summed E-state index contributed by atoms with van der Waals surface area (Å²) >= 11 is 0. The molecule has 7 nitrogen and oxygen atoms in total. The first-order valence-corrected chi connectivity index (χ1v) is 12.4. The molecule has 0 spiro atoms. The van der Waals surface area contributed by atoms with Crippen LogP contribution in [-0.4, -0.2) is 49.8 Å². The van der Waals surface area contributed by atoms with Crippen molar-refractivity contribution in [3.8, 4) is 11.5 Å². The van der Waals surface area contributed by atoms with Crippen LogP contribution in [0.25, 0.3) is 0 Å². The van der Waals surface area contributed by atoms with Crippen molar-refractivity contribution in [1.29, 1.82) is 0 Å². The molecule has 0 aromatic heterocycles. The van der Waals surface area contributed by atoms with Crippen molar-refractivity contribution in [2.75, 3.05) is 0 Å². The highest BCUT2D eigenvalue weighted by atomic mass is 16.5. The van der Waals surface area contributed by atoms with Crippen LogP contribution in [0.5, 0.6) is 11.5 Å². The van der Waals surface area contributed by atoms with Gasteiger partial charge in [-0.25, -0.2) is 4.79 Å². The maximum atomic E-state index is 13.1. The molecule has 0 radical (unpaired) electrons. The summed E-state index contributed by atoms with van der Waals surface area (Å²) in [6.07, 6.45) is 7.04. The number of carboxylic acids is 1. The third kappa shape index (κ3) is 5.56. The van der Waals surface area contributed by atoms with Crippen molar-refractivity contribution < 1.29 is 29.6 Å². The Bertz CT molecular complexity index is 1050. The number of fused-ring (bicyclic) bond motifs is 3. The van der Waals surface area contributed by atoms with E-state index in [1.54, 1.807) is 13.8 Å². The number of nitrogens with zero attached hydrogens (tertiary/aromatic N) is 1. The van der Waals surface area contributed by atoms with E-state index in [1.165, 1.54) is 22.1 Å². The van der Waals surface area contributed by atoms with Crippen molar-refractivity contribution >= 4 is 11.9 Å². The van der Waals surface area contributed by atoms with E-state index < -0.39 is 29.6 Å². The smallest absolute Gasteiger partial charge is 0.326 e. The summed E-state index contributed by atoms with van der Waals surface area (Å²) in [7, 11) is 0. The van der Waals surface area contributed by atoms with Gasteiger partial charge >= 0.3 is 5.97 Å². The van der Waals surface area contributed by atoms with Gasteiger partial charge in [-0.1, -0.05) is 37.1 Å². The van der Waals surface area contributed by atoms with Gasteiger partial charge in [0.15, 0.2) is 0 Å². The third-order valence-corrected chi connectivity index (χ3v) is 7.17. The van der Waals surface area contributed by atoms with E-state index in [4.69, 9.17) is 4.74 Å². The lowest BCUT2D eigenvalue weighted by molar-refractivity contribution is -0.144. The van der Waals surface area contributed by atoms with E-state index >= 15 is 0 Å². The number of ether oxygens (including phenoxy) is 1. The van der Waals surface area contributed by atoms with E-state index in [-0.39, 0.29) is 30.2 Å². The minimum Gasteiger partial charge on any atom is -0.508 e. The van der Waals surface area contributed by atoms with Gasteiger partial charge in [-0.05, 0) is 65.4 Å². The van der Waals surface area contributed by atoms with Crippen LogP contribution in [-0.2, 0) is 17.8 Å². The summed E-state index contributed by atoms with van der Waals surface area (Å²) < 4.78 is 6.37. The summed E-state index contributed by atoms with van der Waals surface area (Å²) in [6.45, 7) is 11.8. The van der Waals surface area contributed by atoms with Crippen LogP contribution in [0.3, 0.4) is 0 Å². The van der Waals surface area contributed by atoms with E-state index in [1.807, 2.05) is 6.92 Å². The Labute approximate surface area is 208 Å². The quantitative estimate of drug-likeness (QED) is 0.426. The van der Waals surface area contributed by atoms with E-state index in [2.05, 4.69) is 32.9 Å². The molecule has 0 fully saturated rings. The maximum Gasteiger partial charge on any atom is 0.326 e. The Kier molecular flexibility index (Phi) is 8.00. The van der Waals surface area contributed by atoms with Crippen molar-refractivity contribution in [2.24, 2.45) is 5.92 Å². The standard InChI is InChI=1S/C28H39NO6/c1-16(2)9-7-10-18(5)11-8-12-28(6)23(31)14-20-22(30)13-19-21(25(20)35-28)15-29(26(19)32)24(17(3)4)27(33)34/h9,11,13,17,23-24,30-31H,7-8,10,12,14-15H2,1-6H3,(H,33,34). The molecule has 3 unspecified atom stereocenters. The molecule has 1 amide bonds. The number of phenols is 1. The molecule has 0 aliphatic carbocycles. The Morgan fingerprint density at radius 2 is 1.91 bits per heavy atom. The number of hydrogen-bond acceptors (Lipinski definition) is 5. The fourth-order valence-corrected chi connectivity index (χ4v) is 5.02. The molecule has 3 rings (SSSR count). The predicted octanol–water partition coefficient (Wildman–Crippen LogP) is 4.98. The van der Waals surface area contributed by atoms with Crippen LogP contribution in [0.1, 0.15) is 88.7 Å². The number of aliphatic hydroxyl groups excluding tert-OH is 1. The monoisotopic (exact) mass is 485 g/mol. The molecular weight excluding hydrogens is 446 g/mol. The summed E-state index contributed by atoms with van der Waals surface area (Å²) in [5, 5.41) is 31.3. The van der Waals surface area contributed by atoms with Crippen LogP contribution in [0.2, 0.25) is 0 Å². The Balaban J connectivity index is 1.84. The average Bonchev–Trinajstić information content (AvgIpc) is 3.05.